The number of thiophene rings is 1. The highest BCUT2D eigenvalue weighted by Crippen LogP contribution is 2.33. The predicted molar refractivity (Wildman–Crippen MR) is 114 cm³/mol. The minimum Gasteiger partial charge on any atom is -0.324 e. The molecule has 1 aliphatic heterocycles. The molecule has 140 valence electrons. The zero-order chi connectivity index (χ0) is 19.7. The summed E-state index contributed by atoms with van der Waals surface area (Å²) >= 11 is 2.37. The van der Waals surface area contributed by atoms with Crippen LogP contribution in [-0.2, 0) is 9.59 Å². The molecule has 1 aromatic heterocycles. The van der Waals surface area contributed by atoms with Crippen molar-refractivity contribution in [3.63, 3.8) is 0 Å². The van der Waals surface area contributed by atoms with E-state index in [1.165, 1.54) is 11.3 Å². The van der Waals surface area contributed by atoms with Crippen LogP contribution in [0.25, 0.3) is 16.8 Å². The van der Waals surface area contributed by atoms with Crippen LogP contribution in [0.15, 0.2) is 58.8 Å². The third kappa shape index (κ3) is 3.58. The summed E-state index contributed by atoms with van der Waals surface area (Å²) in [6.07, 6.45) is 1.72. The van der Waals surface area contributed by atoms with Gasteiger partial charge in [0.05, 0.1) is 4.91 Å². The van der Waals surface area contributed by atoms with Gasteiger partial charge in [-0.05, 0) is 53.2 Å². The number of carbonyl (C=O) groups excluding carboxylic acids is 3. The van der Waals surface area contributed by atoms with Gasteiger partial charge in [0.15, 0.2) is 0 Å². The summed E-state index contributed by atoms with van der Waals surface area (Å²) in [5, 5.41) is 6.22. The van der Waals surface area contributed by atoms with E-state index in [4.69, 9.17) is 0 Å². The Morgan fingerprint density at radius 1 is 1.11 bits per heavy atom. The highest BCUT2D eigenvalue weighted by Gasteiger charge is 2.36. The summed E-state index contributed by atoms with van der Waals surface area (Å²) in [6.45, 7) is 1.64. The van der Waals surface area contributed by atoms with E-state index in [1.54, 1.807) is 12.1 Å². The summed E-state index contributed by atoms with van der Waals surface area (Å²) in [5.74, 6) is -0.844. The van der Waals surface area contributed by atoms with E-state index in [0.717, 1.165) is 37.9 Å². The Morgan fingerprint density at radius 2 is 1.89 bits per heavy atom. The number of imide groups is 1. The lowest BCUT2D eigenvalue weighted by Crippen LogP contribution is -2.36. The first kappa shape index (κ1) is 18.5. The van der Waals surface area contributed by atoms with Crippen LogP contribution in [0.5, 0.6) is 0 Å². The Morgan fingerprint density at radius 3 is 2.68 bits per heavy atom. The molecule has 3 amide bonds. The van der Waals surface area contributed by atoms with E-state index in [2.05, 4.69) is 5.32 Å². The normalized spacial score (nSPS) is 15.6. The van der Waals surface area contributed by atoms with Gasteiger partial charge in [-0.2, -0.15) is 0 Å². The molecule has 28 heavy (non-hydrogen) atoms. The first-order valence-electron chi connectivity index (χ1n) is 8.60. The zero-order valence-corrected chi connectivity index (χ0v) is 16.6. The van der Waals surface area contributed by atoms with Gasteiger partial charge in [-0.25, -0.2) is 0 Å². The number of benzene rings is 2. The zero-order valence-electron chi connectivity index (χ0n) is 15.0. The first-order valence-corrected chi connectivity index (χ1v) is 10.3. The molecule has 0 unspecified atom stereocenters. The maximum Gasteiger partial charge on any atom is 0.294 e. The minimum atomic E-state index is -0.434. The molecule has 0 saturated carbocycles. The van der Waals surface area contributed by atoms with E-state index in [9.17, 15) is 14.4 Å². The second-order valence-electron chi connectivity index (χ2n) is 6.31. The van der Waals surface area contributed by atoms with Gasteiger partial charge < -0.3 is 5.32 Å². The Balaban J connectivity index is 1.50. The lowest BCUT2D eigenvalue weighted by molar-refractivity contribution is -0.127. The minimum absolute atomic E-state index is 0.311. The summed E-state index contributed by atoms with van der Waals surface area (Å²) in [4.78, 5) is 39.6. The summed E-state index contributed by atoms with van der Waals surface area (Å²) in [7, 11) is 0. The molecule has 3 aromatic rings. The molecular formula is C21H16N2O3S2. The highest BCUT2D eigenvalue weighted by molar-refractivity contribution is 8.18. The lowest BCUT2D eigenvalue weighted by Gasteiger charge is -2.13. The number of nitrogens with one attached hydrogen (secondary N) is 1. The highest BCUT2D eigenvalue weighted by atomic mass is 32.2. The molecule has 5 nitrogen and oxygen atoms in total. The molecule has 1 aliphatic rings. The quantitative estimate of drug-likeness (QED) is 0.625. The van der Waals surface area contributed by atoms with Crippen LogP contribution < -0.4 is 5.32 Å². The first-order chi connectivity index (χ1) is 13.5. The van der Waals surface area contributed by atoms with E-state index < -0.39 is 17.1 Å². The molecule has 2 aromatic carbocycles. The Bertz CT molecular complexity index is 1130. The van der Waals surface area contributed by atoms with Crippen molar-refractivity contribution in [2.24, 2.45) is 0 Å². The van der Waals surface area contributed by atoms with E-state index in [0.29, 0.717) is 10.6 Å². The van der Waals surface area contributed by atoms with Gasteiger partial charge in [-0.1, -0.05) is 36.4 Å². The number of hydrogen-bond acceptors (Lipinski definition) is 5. The van der Waals surface area contributed by atoms with Crippen LogP contribution >= 0.6 is 23.1 Å². The van der Waals surface area contributed by atoms with E-state index in [-0.39, 0.29) is 6.54 Å². The number of hydrogen-bond donors (Lipinski definition) is 1. The second kappa shape index (κ2) is 7.61. The van der Waals surface area contributed by atoms with Crippen molar-refractivity contribution in [3.8, 4) is 0 Å². The number of rotatable bonds is 4. The Labute approximate surface area is 170 Å². The number of aryl methyl sites for hydroxylation is 1. The van der Waals surface area contributed by atoms with Crippen molar-refractivity contribution in [2.45, 2.75) is 6.92 Å². The van der Waals surface area contributed by atoms with Crippen molar-refractivity contribution < 1.29 is 14.4 Å². The molecule has 2 heterocycles. The van der Waals surface area contributed by atoms with Crippen LogP contribution in [0.2, 0.25) is 0 Å². The van der Waals surface area contributed by atoms with Gasteiger partial charge in [-0.15, -0.1) is 11.3 Å². The van der Waals surface area contributed by atoms with Crippen molar-refractivity contribution in [2.75, 3.05) is 11.9 Å². The Hall–Kier alpha value is -2.90. The topological polar surface area (TPSA) is 66.5 Å². The molecule has 1 fully saturated rings. The molecule has 0 aliphatic carbocycles. The molecule has 0 bridgehead atoms. The van der Waals surface area contributed by atoms with Crippen molar-refractivity contribution in [1.29, 1.82) is 0 Å². The maximum atomic E-state index is 12.6. The van der Waals surface area contributed by atoms with Crippen LogP contribution in [0.3, 0.4) is 0 Å². The second-order valence-corrected chi connectivity index (χ2v) is 8.25. The SMILES string of the molecule is Cc1ccsc1C=C1SC(=O)N(CC(=O)Nc2cccc3ccccc23)C1=O. The molecular weight excluding hydrogens is 392 g/mol. The monoisotopic (exact) mass is 408 g/mol. The van der Waals surface area contributed by atoms with Crippen molar-refractivity contribution >= 4 is 62.7 Å². The third-order valence-electron chi connectivity index (χ3n) is 4.40. The van der Waals surface area contributed by atoms with Crippen molar-refractivity contribution in [1.82, 2.24) is 4.90 Å². The third-order valence-corrected chi connectivity index (χ3v) is 6.28. The fourth-order valence-electron chi connectivity index (χ4n) is 2.96. The summed E-state index contributed by atoms with van der Waals surface area (Å²) in [6, 6.07) is 15.3. The summed E-state index contributed by atoms with van der Waals surface area (Å²) < 4.78 is 0. The molecule has 7 heteroatoms. The van der Waals surface area contributed by atoms with Crippen LogP contribution in [0.4, 0.5) is 10.5 Å². The molecule has 0 spiro atoms. The molecule has 1 N–H and O–H groups in total. The van der Waals surface area contributed by atoms with Gasteiger partial charge in [0.25, 0.3) is 11.1 Å². The molecule has 1 saturated heterocycles. The molecule has 0 radical (unpaired) electrons. The lowest BCUT2D eigenvalue weighted by atomic mass is 10.1. The number of amides is 3. The van der Waals surface area contributed by atoms with Gasteiger partial charge in [0.1, 0.15) is 6.54 Å². The standard InChI is InChI=1S/C21H16N2O3S2/c1-13-9-10-27-17(13)11-18-20(25)23(21(26)28-18)12-19(24)22-16-8-4-6-14-5-2-3-7-15(14)16/h2-11H,12H2,1H3,(H,22,24). The average Bonchev–Trinajstić information content (AvgIpc) is 3.20. The number of anilines is 1. The fraction of sp³-hybridized carbons (Fsp3) is 0.0952. The van der Waals surface area contributed by atoms with Gasteiger partial charge in [0, 0.05) is 16.0 Å². The van der Waals surface area contributed by atoms with E-state index in [1.807, 2.05) is 54.8 Å². The van der Waals surface area contributed by atoms with Gasteiger partial charge >= 0.3 is 0 Å². The van der Waals surface area contributed by atoms with E-state index >= 15 is 0 Å². The maximum absolute atomic E-state index is 12.6. The average molecular weight is 409 g/mol. The van der Waals surface area contributed by atoms with Crippen molar-refractivity contribution in [3.05, 3.63) is 69.3 Å². The largest absolute Gasteiger partial charge is 0.324 e. The number of nitrogens with zero attached hydrogens (tertiary/aromatic N) is 1. The number of carbonyl (C=O) groups is 3. The number of thioether (sulfide) groups is 1. The smallest absolute Gasteiger partial charge is 0.294 e. The summed E-state index contributed by atoms with van der Waals surface area (Å²) in [5.41, 5.74) is 1.70. The predicted octanol–water partition coefficient (Wildman–Crippen LogP) is 4.88. The van der Waals surface area contributed by atoms with Crippen LogP contribution in [-0.4, -0.2) is 28.5 Å². The molecule has 4 rings (SSSR count). The molecule has 0 atom stereocenters. The van der Waals surface area contributed by atoms with Crippen LogP contribution in [0, 0.1) is 6.92 Å². The fourth-order valence-corrected chi connectivity index (χ4v) is 4.71. The number of fused-ring (bicyclic) bond motifs is 1. The van der Waals surface area contributed by atoms with Crippen LogP contribution in [0.1, 0.15) is 10.4 Å². The van der Waals surface area contributed by atoms with Gasteiger partial charge in [0.2, 0.25) is 5.91 Å². The van der Waals surface area contributed by atoms with Gasteiger partial charge in [-0.3, -0.25) is 19.3 Å². The Kier molecular flexibility index (Phi) is 5.02.